The molecule has 4 rings (SSSR count). The SMILES string of the molecule is CNS(=O)(=O)c1ccc(N(C)c2ccc(C(F)(F)F)cc2)c(-c2cn3c(n2)O[C@H](C)C3)c1F. The standard InChI is InChI=1S/C21H20F4N4O3S/c1-12-10-29-11-15(27-20(29)32-12)18-16(8-9-17(19(18)22)33(30,31)26-2)28(3)14-6-4-13(5-7-14)21(23,24)25/h4-9,11-12,26H,10H2,1-3H3/t12-/m1/s1. The van der Waals surface area contributed by atoms with Crippen molar-refractivity contribution in [2.75, 3.05) is 19.0 Å². The van der Waals surface area contributed by atoms with E-state index in [1.54, 1.807) is 10.8 Å². The molecule has 1 aromatic heterocycles. The number of rotatable bonds is 5. The molecule has 1 aliphatic rings. The van der Waals surface area contributed by atoms with E-state index in [1.807, 2.05) is 6.92 Å². The third-order valence-corrected chi connectivity index (χ3v) is 6.77. The quantitative estimate of drug-likeness (QED) is 0.551. The second-order valence-electron chi connectivity index (χ2n) is 7.57. The molecule has 2 aromatic carbocycles. The molecule has 0 spiro atoms. The Kier molecular flexibility index (Phi) is 5.61. The fourth-order valence-corrected chi connectivity index (χ4v) is 4.44. The highest BCUT2D eigenvalue weighted by Gasteiger charge is 2.31. The summed E-state index contributed by atoms with van der Waals surface area (Å²) in [5.41, 5.74) is -0.252. The van der Waals surface area contributed by atoms with E-state index >= 15 is 4.39 Å². The zero-order valence-corrected chi connectivity index (χ0v) is 18.6. The van der Waals surface area contributed by atoms with E-state index in [-0.39, 0.29) is 29.1 Å². The number of nitrogens with one attached hydrogen (secondary N) is 1. The first-order chi connectivity index (χ1) is 15.4. The Morgan fingerprint density at radius 2 is 1.85 bits per heavy atom. The van der Waals surface area contributed by atoms with Crippen LogP contribution in [0, 0.1) is 5.82 Å². The molecule has 33 heavy (non-hydrogen) atoms. The number of anilines is 2. The lowest BCUT2D eigenvalue weighted by Crippen LogP contribution is -2.21. The third-order valence-electron chi connectivity index (χ3n) is 5.34. The number of imidazole rings is 1. The fraction of sp³-hybridized carbons (Fsp3) is 0.286. The summed E-state index contributed by atoms with van der Waals surface area (Å²) >= 11 is 0. The van der Waals surface area contributed by atoms with Gasteiger partial charge in [-0.1, -0.05) is 0 Å². The molecule has 1 aliphatic heterocycles. The van der Waals surface area contributed by atoms with Crippen LogP contribution in [0.15, 0.2) is 47.5 Å². The summed E-state index contributed by atoms with van der Waals surface area (Å²) < 4.78 is 88.5. The Balaban J connectivity index is 1.86. The smallest absolute Gasteiger partial charge is 0.416 e. The van der Waals surface area contributed by atoms with Crippen LogP contribution >= 0.6 is 0 Å². The van der Waals surface area contributed by atoms with Crippen LogP contribution in [0.2, 0.25) is 0 Å². The zero-order valence-electron chi connectivity index (χ0n) is 17.8. The number of ether oxygens (including phenoxy) is 1. The van der Waals surface area contributed by atoms with E-state index in [0.717, 1.165) is 25.2 Å². The van der Waals surface area contributed by atoms with Gasteiger partial charge in [0.05, 0.1) is 29.1 Å². The Morgan fingerprint density at radius 1 is 1.18 bits per heavy atom. The molecule has 0 saturated carbocycles. The fourth-order valence-electron chi connectivity index (χ4n) is 3.64. The average Bonchev–Trinajstić information content (AvgIpc) is 3.29. The number of hydrogen-bond acceptors (Lipinski definition) is 5. The van der Waals surface area contributed by atoms with Crippen molar-refractivity contribution in [1.82, 2.24) is 14.3 Å². The van der Waals surface area contributed by atoms with Crippen molar-refractivity contribution in [1.29, 1.82) is 0 Å². The largest absolute Gasteiger partial charge is 0.460 e. The van der Waals surface area contributed by atoms with Crippen molar-refractivity contribution < 1.29 is 30.7 Å². The van der Waals surface area contributed by atoms with E-state index < -0.39 is 32.5 Å². The molecule has 1 N–H and O–H groups in total. The Hall–Kier alpha value is -3.12. The molecule has 1 atom stereocenters. The molecule has 0 bridgehead atoms. The lowest BCUT2D eigenvalue weighted by molar-refractivity contribution is -0.137. The van der Waals surface area contributed by atoms with Crippen LogP contribution in [0.25, 0.3) is 11.3 Å². The molecule has 0 aliphatic carbocycles. The van der Waals surface area contributed by atoms with Crippen LogP contribution in [0.3, 0.4) is 0 Å². The van der Waals surface area contributed by atoms with Crippen LogP contribution in [0.1, 0.15) is 12.5 Å². The minimum atomic E-state index is -4.49. The maximum Gasteiger partial charge on any atom is 0.416 e. The lowest BCUT2D eigenvalue weighted by Gasteiger charge is -2.24. The maximum absolute atomic E-state index is 15.7. The average molecular weight is 484 g/mol. The van der Waals surface area contributed by atoms with E-state index in [1.165, 1.54) is 30.1 Å². The van der Waals surface area contributed by atoms with Gasteiger partial charge in [-0.3, -0.25) is 4.57 Å². The van der Waals surface area contributed by atoms with E-state index in [0.29, 0.717) is 12.2 Å². The van der Waals surface area contributed by atoms with Gasteiger partial charge in [-0.2, -0.15) is 18.2 Å². The second-order valence-corrected chi connectivity index (χ2v) is 9.43. The van der Waals surface area contributed by atoms with Gasteiger partial charge in [0, 0.05) is 18.9 Å². The normalized spacial score (nSPS) is 15.9. The minimum absolute atomic E-state index is 0.114. The lowest BCUT2D eigenvalue weighted by atomic mass is 10.1. The maximum atomic E-state index is 15.7. The van der Waals surface area contributed by atoms with Gasteiger partial charge in [-0.05, 0) is 50.4 Å². The van der Waals surface area contributed by atoms with E-state index in [9.17, 15) is 21.6 Å². The topological polar surface area (TPSA) is 76.5 Å². The summed E-state index contributed by atoms with van der Waals surface area (Å²) in [4.78, 5) is 5.20. The number of aromatic nitrogens is 2. The summed E-state index contributed by atoms with van der Waals surface area (Å²) in [5.74, 6) is -1.04. The molecule has 0 radical (unpaired) electrons. The van der Waals surface area contributed by atoms with Crippen molar-refractivity contribution in [3.05, 3.63) is 54.0 Å². The van der Waals surface area contributed by atoms with Crippen molar-refractivity contribution >= 4 is 21.4 Å². The molecule has 0 fully saturated rings. The van der Waals surface area contributed by atoms with Crippen LogP contribution < -0.4 is 14.4 Å². The predicted octanol–water partition coefficient (Wildman–Crippen LogP) is 4.16. The van der Waals surface area contributed by atoms with Gasteiger partial charge >= 0.3 is 6.18 Å². The number of hydrogen-bond donors (Lipinski definition) is 1. The van der Waals surface area contributed by atoms with Gasteiger partial charge in [0.15, 0.2) is 5.82 Å². The number of nitrogens with zero attached hydrogens (tertiary/aromatic N) is 3. The molecule has 3 aromatic rings. The first kappa shape index (κ1) is 23.1. The van der Waals surface area contributed by atoms with Gasteiger partial charge in [0.25, 0.3) is 6.01 Å². The zero-order chi connectivity index (χ0) is 24.1. The van der Waals surface area contributed by atoms with Crippen molar-refractivity contribution in [3.8, 4) is 17.3 Å². The number of halogens is 4. The molecule has 7 nitrogen and oxygen atoms in total. The third kappa shape index (κ3) is 4.15. The Morgan fingerprint density at radius 3 is 2.42 bits per heavy atom. The van der Waals surface area contributed by atoms with Gasteiger partial charge in [0.1, 0.15) is 11.0 Å². The first-order valence-corrected chi connectivity index (χ1v) is 11.3. The molecule has 12 heteroatoms. The van der Waals surface area contributed by atoms with Crippen LogP contribution in [-0.2, 0) is 22.7 Å². The van der Waals surface area contributed by atoms with Gasteiger partial charge in [-0.15, -0.1) is 0 Å². The molecule has 0 amide bonds. The number of alkyl halides is 3. The summed E-state index contributed by atoms with van der Waals surface area (Å²) in [6.45, 7) is 2.33. The molecule has 2 heterocycles. The van der Waals surface area contributed by atoms with Crippen molar-refractivity contribution in [3.63, 3.8) is 0 Å². The van der Waals surface area contributed by atoms with Crippen LogP contribution in [0.5, 0.6) is 6.01 Å². The summed E-state index contributed by atoms with van der Waals surface area (Å²) in [7, 11) is -1.43. The van der Waals surface area contributed by atoms with Crippen molar-refractivity contribution in [2.45, 2.75) is 30.6 Å². The molecule has 176 valence electrons. The number of fused-ring (bicyclic) bond motifs is 1. The van der Waals surface area contributed by atoms with Gasteiger partial charge in [-0.25, -0.2) is 17.5 Å². The Bertz CT molecular complexity index is 1280. The highest BCUT2D eigenvalue weighted by atomic mass is 32.2. The van der Waals surface area contributed by atoms with E-state index in [4.69, 9.17) is 4.74 Å². The molecular formula is C21H20F4N4O3S. The summed E-state index contributed by atoms with van der Waals surface area (Å²) in [6.07, 6.45) is -3.06. The van der Waals surface area contributed by atoms with Crippen LogP contribution in [0.4, 0.5) is 28.9 Å². The number of sulfonamides is 1. The second kappa shape index (κ2) is 8.03. The highest BCUT2D eigenvalue weighted by Crippen LogP contribution is 2.40. The minimum Gasteiger partial charge on any atom is -0.460 e. The number of benzene rings is 2. The van der Waals surface area contributed by atoms with Crippen molar-refractivity contribution in [2.24, 2.45) is 0 Å². The summed E-state index contributed by atoms with van der Waals surface area (Å²) in [6, 6.07) is 7.09. The van der Waals surface area contributed by atoms with Gasteiger partial charge < -0.3 is 9.64 Å². The molecular weight excluding hydrogens is 464 g/mol. The van der Waals surface area contributed by atoms with Crippen LogP contribution in [-0.4, -0.2) is 38.2 Å². The monoisotopic (exact) mass is 484 g/mol. The Labute approximate surface area is 187 Å². The summed E-state index contributed by atoms with van der Waals surface area (Å²) in [5, 5.41) is 0. The highest BCUT2D eigenvalue weighted by molar-refractivity contribution is 7.89. The first-order valence-electron chi connectivity index (χ1n) is 9.83. The molecule has 0 unspecified atom stereocenters. The predicted molar refractivity (Wildman–Crippen MR) is 113 cm³/mol. The van der Waals surface area contributed by atoms with E-state index in [2.05, 4.69) is 9.71 Å². The molecule has 0 saturated heterocycles. The van der Waals surface area contributed by atoms with Gasteiger partial charge in [0.2, 0.25) is 10.0 Å².